The van der Waals surface area contributed by atoms with Crippen molar-refractivity contribution in [1.82, 2.24) is 5.06 Å². The number of rotatable bonds is 7. The lowest BCUT2D eigenvalue weighted by Gasteiger charge is -2.30. The van der Waals surface area contributed by atoms with Crippen LogP contribution in [0.15, 0.2) is 103 Å². The van der Waals surface area contributed by atoms with Gasteiger partial charge in [-0.1, -0.05) is 104 Å². The van der Waals surface area contributed by atoms with Gasteiger partial charge in [0.05, 0.1) is 32.1 Å². The molecule has 54 heavy (non-hydrogen) atoms. The van der Waals surface area contributed by atoms with E-state index in [1.165, 1.54) is 41.5 Å². The van der Waals surface area contributed by atoms with Crippen molar-refractivity contribution in [2.75, 3.05) is 42.3 Å². The number of esters is 1. The van der Waals surface area contributed by atoms with Crippen LogP contribution in [0.2, 0.25) is 0 Å². The lowest BCUT2D eigenvalue weighted by molar-refractivity contribution is -0.416. The maximum Gasteiger partial charge on any atom is 0.309 e. The van der Waals surface area contributed by atoms with E-state index in [0.29, 0.717) is 6.42 Å². The molecule has 12 heteroatoms. The number of carbonyl (C=O) groups is 3. The molecule has 0 spiro atoms. The highest BCUT2D eigenvalue weighted by Crippen LogP contribution is 2.48. The molecular weight excluding hydrogens is 686 g/mol. The van der Waals surface area contributed by atoms with Crippen molar-refractivity contribution in [3.63, 3.8) is 0 Å². The summed E-state index contributed by atoms with van der Waals surface area (Å²) in [4.78, 5) is 45.3. The summed E-state index contributed by atoms with van der Waals surface area (Å²) in [5.41, 5.74) is 3.71. The summed E-state index contributed by atoms with van der Waals surface area (Å²) in [6, 6.07) is 28.7. The Hall–Kier alpha value is -6.13. The Morgan fingerprint density at radius 1 is 0.889 bits per heavy atom. The van der Waals surface area contributed by atoms with Crippen LogP contribution in [0.25, 0.3) is 14.5 Å². The van der Waals surface area contributed by atoms with E-state index in [4.69, 9.17) is 29.7 Å². The topological polar surface area (TPSA) is 132 Å². The summed E-state index contributed by atoms with van der Waals surface area (Å²) < 4.78 is 5.20. The average Bonchev–Trinajstić information content (AvgIpc) is 3.35. The largest absolute Gasteiger partial charge is 0.624 e. The first-order valence-electron chi connectivity index (χ1n) is 16.5. The number of carboxylic acids is 1. The molecule has 1 aliphatic rings. The average molecular weight is 742 g/mol. The molecule has 3 aromatic carbocycles. The first kappa shape index (κ1) is 52.2. The van der Waals surface area contributed by atoms with Crippen molar-refractivity contribution < 1.29 is 33.8 Å². The first-order valence-corrected chi connectivity index (χ1v) is 16.5. The normalized spacial score (nSPS) is 14.3. The molecular formula is C42H55N5O7. The van der Waals surface area contributed by atoms with E-state index in [1.807, 2.05) is 93.7 Å². The van der Waals surface area contributed by atoms with Crippen LogP contribution in [0.4, 0.5) is 0 Å². The minimum Gasteiger partial charge on any atom is -0.624 e. The second kappa shape index (κ2) is 32.8. The second-order valence-electron chi connectivity index (χ2n) is 11.7. The smallest absolute Gasteiger partial charge is 0.309 e. The van der Waals surface area contributed by atoms with Crippen LogP contribution in [0.1, 0.15) is 68.1 Å². The summed E-state index contributed by atoms with van der Waals surface area (Å²) in [7, 11) is 8.97. The number of hydrogen-bond acceptors (Lipinski definition) is 7. The van der Waals surface area contributed by atoms with E-state index in [1.54, 1.807) is 17.2 Å². The van der Waals surface area contributed by atoms with Crippen LogP contribution < -0.4 is 0 Å². The highest BCUT2D eigenvalue weighted by molar-refractivity contribution is 5.75. The van der Waals surface area contributed by atoms with Crippen molar-refractivity contribution in [3.8, 4) is 0 Å². The molecule has 0 radical (unpaired) electrons. The molecule has 0 amide bonds. The van der Waals surface area contributed by atoms with Crippen molar-refractivity contribution in [2.45, 2.75) is 52.7 Å². The molecule has 1 fully saturated rings. The lowest BCUT2D eigenvalue weighted by Crippen LogP contribution is -2.31. The van der Waals surface area contributed by atoms with Crippen molar-refractivity contribution in [2.24, 2.45) is 5.41 Å². The Balaban J connectivity index is -0.000000624. The summed E-state index contributed by atoms with van der Waals surface area (Å²) >= 11 is 0. The zero-order chi connectivity index (χ0) is 42.0. The van der Waals surface area contributed by atoms with Gasteiger partial charge < -0.3 is 29.6 Å². The number of carbonyl (C=O) groups excluding carboxylic acids is 2. The third kappa shape index (κ3) is 26.6. The fourth-order valence-corrected chi connectivity index (χ4v) is 4.43. The third-order valence-corrected chi connectivity index (χ3v) is 6.64. The number of ether oxygens (including phenoxy) is 1. The summed E-state index contributed by atoms with van der Waals surface area (Å²) in [6.45, 7) is 25.5. The van der Waals surface area contributed by atoms with E-state index >= 15 is 0 Å². The Bertz CT molecular complexity index is 1600. The fraction of sp³-hybridized carbons (Fsp3) is 0.357. The number of carboxylic acid groups (broad SMARTS) is 1. The zero-order valence-corrected chi connectivity index (χ0v) is 33.1. The Labute approximate surface area is 322 Å². The van der Waals surface area contributed by atoms with Gasteiger partial charge in [-0.2, -0.15) is 5.06 Å². The molecule has 2 unspecified atom stereocenters. The summed E-state index contributed by atoms with van der Waals surface area (Å²) in [5, 5.41) is 21.2. The number of methoxy groups -OCH3 is 1. The predicted molar refractivity (Wildman–Crippen MR) is 214 cm³/mol. The minimum absolute atomic E-state index is 0.0284. The second-order valence-corrected chi connectivity index (χ2v) is 11.7. The van der Waals surface area contributed by atoms with Crippen LogP contribution in [0.5, 0.6) is 0 Å². The van der Waals surface area contributed by atoms with Crippen molar-refractivity contribution >= 4 is 24.4 Å². The van der Waals surface area contributed by atoms with Gasteiger partial charge in [-0.15, -0.1) is 0 Å². The highest BCUT2D eigenvalue weighted by Gasteiger charge is 2.49. The number of aldehydes is 1. The number of nitrogens with zero attached hydrogens (tertiary/aromatic N) is 5. The quantitative estimate of drug-likeness (QED) is 0.0374. The molecule has 3 aromatic rings. The molecule has 1 aliphatic heterocycles. The van der Waals surface area contributed by atoms with Gasteiger partial charge in [0, 0.05) is 23.6 Å². The minimum atomic E-state index is -0.824. The summed E-state index contributed by atoms with van der Waals surface area (Å²) in [6.07, 6.45) is 4.32. The third-order valence-electron chi connectivity index (χ3n) is 6.64. The molecule has 1 saturated heterocycles. The molecule has 2 atom stereocenters. The van der Waals surface area contributed by atoms with Crippen LogP contribution in [-0.2, 0) is 19.2 Å². The molecule has 290 valence electrons. The molecule has 12 nitrogen and oxygen atoms in total. The number of allylic oxidation sites excluding steroid dienone is 1. The van der Waals surface area contributed by atoms with Crippen LogP contribution in [-0.4, -0.2) is 87.8 Å². The lowest BCUT2D eigenvalue weighted by atomic mass is 9.76. The molecule has 4 rings (SSSR count). The van der Waals surface area contributed by atoms with Crippen LogP contribution in [0, 0.1) is 30.3 Å². The number of benzene rings is 3. The van der Waals surface area contributed by atoms with E-state index < -0.39 is 5.97 Å². The Morgan fingerprint density at radius 3 is 1.63 bits per heavy atom. The maximum absolute atomic E-state index is 10.9. The van der Waals surface area contributed by atoms with Gasteiger partial charge in [-0.3, -0.25) is 19.2 Å². The van der Waals surface area contributed by atoms with Gasteiger partial charge in [0.2, 0.25) is 21.1 Å². The first-order chi connectivity index (χ1) is 25.6. The number of aliphatic carboxylic acids is 1. The van der Waals surface area contributed by atoms with E-state index in [2.05, 4.69) is 45.3 Å². The molecule has 0 saturated carbocycles. The zero-order valence-electron chi connectivity index (χ0n) is 33.1. The molecule has 0 aliphatic carbocycles. The number of hydrogen-bond donors (Lipinski definition) is 1. The van der Waals surface area contributed by atoms with Crippen LogP contribution >= 0.6 is 0 Å². The van der Waals surface area contributed by atoms with E-state index in [9.17, 15) is 19.6 Å². The molecule has 1 heterocycles. The van der Waals surface area contributed by atoms with Gasteiger partial charge in [-0.05, 0) is 31.5 Å². The highest BCUT2D eigenvalue weighted by atomic mass is 16.7. The van der Waals surface area contributed by atoms with Gasteiger partial charge >= 0.3 is 11.9 Å². The standard InChI is InChI=1S/C14H19NO3.C8H9NO.C7H12O2.C7H6O.3C2H3N/c1-14(2)11(9-12(16)17)18-15(3)13(14)10-7-5-4-6-8-10;1-9(10)7-8-5-3-2-4-6-8;1-6(2)4-5-7(8)9-3;8-6-7-4-2-1-3-5-7;3*1-3-2/h4-8,11,13H,9H2,1-3H3,(H,16,17);2-7H,1H3;4H,5H2,1-3H3;1-6H;3*1H3/b;9-7+;;;;;. The molecule has 0 bridgehead atoms. The number of hydroxylamine groups is 3. The van der Waals surface area contributed by atoms with Crippen molar-refractivity contribution in [1.29, 1.82) is 0 Å². The monoisotopic (exact) mass is 741 g/mol. The molecule has 1 N–H and O–H groups in total. The Kier molecular flexibility index (Phi) is 31.7. The summed E-state index contributed by atoms with van der Waals surface area (Å²) in [5.74, 6) is -1.01. The van der Waals surface area contributed by atoms with E-state index in [0.717, 1.165) is 33.3 Å². The van der Waals surface area contributed by atoms with Crippen molar-refractivity contribution in [3.05, 3.63) is 159 Å². The predicted octanol–water partition coefficient (Wildman–Crippen LogP) is 8.34. The van der Waals surface area contributed by atoms with Gasteiger partial charge in [-0.25, -0.2) is 24.5 Å². The molecule has 0 aromatic heterocycles. The van der Waals surface area contributed by atoms with E-state index in [-0.39, 0.29) is 30.0 Å². The van der Waals surface area contributed by atoms with Gasteiger partial charge in [0.15, 0.2) is 6.21 Å². The fourth-order valence-electron chi connectivity index (χ4n) is 4.43. The maximum atomic E-state index is 10.9. The van der Waals surface area contributed by atoms with Crippen LogP contribution in [0.3, 0.4) is 0 Å². The van der Waals surface area contributed by atoms with Gasteiger partial charge in [0.25, 0.3) is 0 Å². The SMILES string of the molecule is C/[N+]([O-])=C\c1ccccc1.CN1OC(CC(=O)O)C(C)(C)C1c1ccccc1.COC(=O)CC=C(C)C.O=Cc1ccccc1.[C-]#[N+]C.[C-]#[N+]C.[C-]#[N+]C. The Morgan fingerprint density at radius 2 is 1.30 bits per heavy atom. The van der Waals surface area contributed by atoms with Gasteiger partial charge in [0.1, 0.15) is 13.3 Å².